The van der Waals surface area contributed by atoms with E-state index in [-0.39, 0.29) is 0 Å². The van der Waals surface area contributed by atoms with E-state index in [9.17, 15) is 8.42 Å². The van der Waals surface area contributed by atoms with Gasteiger partial charge in [-0.2, -0.15) is 14.3 Å². The van der Waals surface area contributed by atoms with E-state index in [1.165, 1.54) is 0 Å². The lowest BCUT2D eigenvalue weighted by Crippen LogP contribution is -2.54. The van der Waals surface area contributed by atoms with Crippen LogP contribution in [-0.4, -0.2) is 13.2 Å². The second-order valence-corrected chi connectivity index (χ2v) is 5.05. The van der Waals surface area contributed by atoms with Crippen LogP contribution in [0.4, 0.5) is 0 Å². The van der Waals surface area contributed by atoms with Crippen molar-refractivity contribution in [3.63, 3.8) is 0 Å². The summed E-state index contributed by atoms with van der Waals surface area (Å²) in [6.45, 7) is 4.65. The summed E-state index contributed by atoms with van der Waals surface area (Å²) in [5.74, 6) is 2.84. The van der Waals surface area contributed by atoms with Gasteiger partial charge in [-0.3, -0.25) is 0 Å². The molecule has 0 spiro atoms. The molecular formula is C4H12NO3S+. The summed E-state index contributed by atoms with van der Waals surface area (Å²) in [5, 5.41) is 0. The molecule has 0 rings (SSSR count). The van der Waals surface area contributed by atoms with Crippen LogP contribution < -0.4 is 5.90 Å². The molecule has 0 radical (unpaired) electrons. The van der Waals surface area contributed by atoms with Gasteiger partial charge in [-0.05, 0) is 20.8 Å². The molecule has 4 nitrogen and oxygen atoms in total. The normalized spacial score (nSPS) is 13.8. The zero-order valence-corrected chi connectivity index (χ0v) is 6.66. The van der Waals surface area contributed by atoms with E-state index in [1.807, 2.05) is 0 Å². The van der Waals surface area contributed by atoms with Gasteiger partial charge in [-0.15, -0.1) is 0 Å². The lowest BCUT2D eigenvalue weighted by atomic mass is 10.3. The van der Waals surface area contributed by atoms with Crippen molar-refractivity contribution in [2.45, 2.75) is 25.5 Å². The van der Waals surface area contributed by atoms with Crippen molar-refractivity contribution in [2.75, 3.05) is 0 Å². The van der Waals surface area contributed by atoms with Gasteiger partial charge in [0.15, 0.2) is 0 Å². The Bertz CT molecular complexity index is 176. The van der Waals surface area contributed by atoms with Crippen molar-refractivity contribution in [2.24, 2.45) is 0 Å². The minimum absolute atomic E-state index is 0.866. The van der Waals surface area contributed by atoms with Crippen molar-refractivity contribution in [1.29, 1.82) is 0 Å². The molecule has 0 bridgehead atoms. The minimum atomic E-state index is -3.45. The van der Waals surface area contributed by atoms with E-state index in [1.54, 1.807) is 20.8 Å². The van der Waals surface area contributed by atoms with Crippen LogP contribution in [0.3, 0.4) is 0 Å². The second kappa shape index (κ2) is 2.24. The van der Waals surface area contributed by atoms with E-state index in [2.05, 4.69) is 10.2 Å². The fourth-order valence-electron chi connectivity index (χ4n) is 0.177. The molecule has 0 unspecified atom stereocenters. The molecule has 9 heavy (non-hydrogen) atoms. The standard InChI is InChI=1S/C4H12NO3S/c1-4(2,3)9(6,7)8-5/h1-3,5H3/q+1. The Labute approximate surface area is 55.1 Å². The van der Waals surface area contributed by atoms with Gasteiger partial charge in [0.05, 0.1) is 4.75 Å². The molecular weight excluding hydrogens is 142 g/mol. The maximum atomic E-state index is 10.7. The second-order valence-electron chi connectivity index (χ2n) is 2.68. The Morgan fingerprint density at radius 3 is 1.67 bits per heavy atom. The van der Waals surface area contributed by atoms with Crippen molar-refractivity contribution in [3.05, 3.63) is 0 Å². The van der Waals surface area contributed by atoms with Gasteiger partial charge in [0.2, 0.25) is 0 Å². The van der Waals surface area contributed by atoms with E-state index in [4.69, 9.17) is 0 Å². The SMILES string of the molecule is CC(C)(C)S(=O)(=O)O[NH3+]. The molecule has 0 aliphatic rings. The fourth-order valence-corrected chi connectivity index (χ4v) is 0.530. The van der Waals surface area contributed by atoms with Crippen molar-refractivity contribution < 1.29 is 18.6 Å². The quantitative estimate of drug-likeness (QED) is 0.507. The highest BCUT2D eigenvalue weighted by Crippen LogP contribution is 2.13. The van der Waals surface area contributed by atoms with Gasteiger partial charge < -0.3 is 0 Å². The first-order valence-electron chi connectivity index (χ1n) is 2.49. The monoisotopic (exact) mass is 154 g/mol. The number of hydrogen-bond acceptors (Lipinski definition) is 3. The molecule has 0 atom stereocenters. The van der Waals surface area contributed by atoms with Gasteiger partial charge in [-0.1, -0.05) is 4.28 Å². The largest absolute Gasteiger partial charge is 0.318 e. The first kappa shape index (κ1) is 8.87. The Hall–Kier alpha value is -0.130. The smallest absolute Gasteiger partial charge is 0.194 e. The third-order valence-electron chi connectivity index (χ3n) is 0.905. The van der Waals surface area contributed by atoms with Crippen molar-refractivity contribution in [3.8, 4) is 0 Å². The van der Waals surface area contributed by atoms with Gasteiger partial charge in [0.1, 0.15) is 0 Å². The molecule has 3 N–H and O–H groups in total. The van der Waals surface area contributed by atoms with Crippen molar-refractivity contribution in [1.82, 2.24) is 0 Å². The number of rotatable bonds is 1. The Morgan fingerprint density at radius 2 is 1.67 bits per heavy atom. The summed E-state index contributed by atoms with van der Waals surface area (Å²) in [7, 11) is -3.45. The highest BCUT2D eigenvalue weighted by atomic mass is 32.2. The fraction of sp³-hybridized carbons (Fsp3) is 1.00. The maximum absolute atomic E-state index is 10.7. The van der Waals surface area contributed by atoms with Crippen LogP contribution >= 0.6 is 0 Å². The molecule has 0 fully saturated rings. The molecule has 0 aromatic rings. The number of hydrogen-bond donors (Lipinski definition) is 1. The lowest BCUT2D eigenvalue weighted by Gasteiger charge is -2.13. The average Bonchev–Trinajstić information content (AvgIpc) is 1.64. The molecule has 0 aromatic heterocycles. The van der Waals surface area contributed by atoms with Crippen LogP contribution in [0, 0.1) is 0 Å². The third-order valence-corrected chi connectivity index (χ3v) is 2.72. The topological polar surface area (TPSA) is 71.0 Å². The van der Waals surface area contributed by atoms with E-state index < -0.39 is 14.9 Å². The molecule has 0 saturated heterocycles. The van der Waals surface area contributed by atoms with Crippen LogP contribution in [0.1, 0.15) is 20.8 Å². The molecule has 0 aromatic carbocycles. The highest BCUT2D eigenvalue weighted by Gasteiger charge is 2.31. The predicted molar refractivity (Wildman–Crippen MR) is 32.6 cm³/mol. The van der Waals surface area contributed by atoms with Gasteiger partial charge in [0.25, 0.3) is 0 Å². The van der Waals surface area contributed by atoms with E-state index in [0.29, 0.717) is 0 Å². The first-order chi connectivity index (χ1) is 3.81. The summed E-state index contributed by atoms with van der Waals surface area (Å²) < 4.78 is 24.6. The Morgan fingerprint density at radius 1 is 1.33 bits per heavy atom. The van der Waals surface area contributed by atoms with Gasteiger partial charge in [-0.25, -0.2) is 0 Å². The molecule has 0 aliphatic carbocycles. The van der Waals surface area contributed by atoms with E-state index in [0.717, 1.165) is 0 Å². The summed E-state index contributed by atoms with van der Waals surface area (Å²) in [6, 6.07) is 0. The Kier molecular flexibility index (Phi) is 2.21. The maximum Gasteiger partial charge on any atom is 0.318 e. The van der Waals surface area contributed by atoms with E-state index >= 15 is 0 Å². The summed E-state index contributed by atoms with van der Waals surface area (Å²) in [5.41, 5.74) is 0. The molecule has 0 aliphatic heterocycles. The zero-order chi connectivity index (χ0) is 7.71. The van der Waals surface area contributed by atoms with Crippen LogP contribution in [-0.2, 0) is 14.4 Å². The molecule has 56 valence electrons. The molecule has 0 amide bonds. The Balaban J connectivity index is 4.57. The van der Waals surface area contributed by atoms with Crippen LogP contribution in [0.2, 0.25) is 0 Å². The van der Waals surface area contributed by atoms with Crippen molar-refractivity contribution >= 4 is 10.1 Å². The lowest BCUT2D eigenvalue weighted by molar-refractivity contribution is -0.635. The third kappa shape index (κ3) is 1.92. The van der Waals surface area contributed by atoms with Gasteiger partial charge >= 0.3 is 10.1 Å². The average molecular weight is 154 g/mol. The van der Waals surface area contributed by atoms with Crippen LogP contribution in [0.5, 0.6) is 0 Å². The summed E-state index contributed by atoms with van der Waals surface area (Å²) in [4.78, 5) is 0. The summed E-state index contributed by atoms with van der Waals surface area (Å²) >= 11 is 0. The van der Waals surface area contributed by atoms with Gasteiger partial charge in [0, 0.05) is 0 Å². The van der Waals surface area contributed by atoms with Crippen LogP contribution in [0.15, 0.2) is 0 Å². The number of quaternary nitrogens is 1. The zero-order valence-electron chi connectivity index (χ0n) is 5.84. The van der Waals surface area contributed by atoms with Crippen LogP contribution in [0.25, 0.3) is 0 Å². The molecule has 0 heterocycles. The minimum Gasteiger partial charge on any atom is -0.194 e. The predicted octanol–water partition coefficient (Wildman–Crippen LogP) is -0.712. The molecule has 5 heteroatoms. The molecule has 0 saturated carbocycles. The summed E-state index contributed by atoms with van der Waals surface area (Å²) in [6.07, 6.45) is 0. The first-order valence-corrected chi connectivity index (χ1v) is 3.90. The highest BCUT2D eigenvalue weighted by molar-refractivity contribution is 7.87.